The Kier molecular flexibility index (Phi) is 4.62. The highest BCUT2D eigenvalue weighted by Gasteiger charge is 2.16. The molecule has 1 aromatic heterocycles. The Morgan fingerprint density at radius 2 is 2.14 bits per heavy atom. The van der Waals surface area contributed by atoms with Gasteiger partial charge in [-0.15, -0.1) is 0 Å². The zero-order chi connectivity index (χ0) is 15.4. The van der Waals surface area contributed by atoms with Gasteiger partial charge in [0, 0.05) is 5.69 Å². The fourth-order valence-electron chi connectivity index (χ4n) is 2.23. The number of benzene rings is 1. The van der Waals surface area contributed by atoms with Crippen LogP contribution in [0, 0.1) is 6.92 Å². The lowest BCUT2D eigenvalue weighted by Gasteiger charge is -2.12. The lowest BCUT2D eigenvalue weighted by Crippen LogP contribution is -2.06. The van der Waals surface area contributed by atoms with Gasteiger partial charge in [0.2, 0.25) is 0 Å². The van der Waals surface area contributed by atoms with Gasteiger partial charge in [-0.3, -0.25) is 0 Å². The Hall–Kier alpha value is -2.30. The average molecular weight is 288 g/mol. The van der Waals surface area contributed by atoms with Gasteiger partial charge >= 0.3 is 5.97 Å². The lowest BCUT2D eigenvalue weighted by atomic mass is 10.1. The highest BCUT2D eigenvalue weighted by Crippen LogP contribution is 2.26. The van der Waals surface area contributed by atoms with Gasteiger partial charge in [0.05, 0.1) is 7.11 Å². The topological polar surface area (TPSA) is 64.3 Å². The van der Waals surface area contributed by atoms with Gasteiger partial charge in [-0.05, 0) is 43.5 Å². The Morgan fingerprint density at radius 1 is 1.38 bits per heavy atom. The molecule has 2 aromatic rings. The van der Waals surface area contributed by atoms with E-state index in [1.54, 1.807) is 17.9 Å². The number of ether oxygens (including phenoxy) is 1. The van der Waals surface area contributed by atoms with Crippen LogP contribution in [-0.2, 0) is 6.42 Å². The normalized spacial score (nSPS) is 10.6. The maximum Gasteiger partial charge on any atom is 0.356 e. The van der Waals surface area contributed by atoms with E-state index in [4.69, 9.17) is 9.84 Å². The molecule has 0 spiro atoms. The maximum atomic E-state index is 11.2. The molecule has 5 heteroatoms. The van der Waals surface area contributed by atoms with Gasteiger partial charge in [0.15, 0.2) is 5.69 Å². The quantitative estimate of drug-likeness (QED) is 0.886. The number of nitrogens with zero attached hydrogens (tertiary/aromatic N) is 2. The second-order valence-corrected chi connectivity index (χ2v) is 5.02. The Morgan fingerprint density at radius 3 is 2.76 bits per heavy atom. The van der Waals surface area contributed by atoms with Gasteiger partial charge < -0.3 is 9.84 Å². The van der Waals surface area contributed by atoms with Crippen LogP contribution in [0.25, 0.3) is 5.69 Å². The van der Waals surface area contributed by atoms with E-state index in [9.17, 15) is 4.79 Å². The van der Waals surface area contributed by atoms with E-state index in [1.807, 2.05) is 25.1 Å². The molecule has 0 fully saturated rings. The van der Waals surface area contributed by atoms with Crippen LogP contribution in [0.3, 0.4) is 0 Å². The van der Waals surface area contributed by atoms with Crippen LogP contribution in [0.1, 0.15) is 41.5 Å². The van der Waals surface area contributed by atoms with Crippen molar-refractivity contribution >= 4 is 5.97 Å². The molecule has 1 aromatic carbocycles. The van der Waals surface area contributed by atoms with Crippen molar-refractivity contribution in [3.05, 3.63) is 41.2 Å². The molecular weight excluding hydrogens is 268 g/mol. The Bertz CT molecular complexity index is 647. The first kappa shape index (κ1) is 15.1. The molecule has 112 valence electrons. The van der Waals surface area contributed by atoms with Gasteiger partial charge in [-0.25, -0.2) is 9.48 Å². The number of hydrogen-bond donors (Lipinski definition) is 1. The maximum absolute atomic E-state index is 11.2. The smallest absolute Gasteiger partial charge is 0.356 e. The van der Waals surface area contributed by atoms with Gasteiger partial charge in [0.1, 0.15) is 11.4 Å². The van der Waals surface area contributed by atoms with Crippen molar-refractivity contribution in [1.29, 1.82) is 0 Å². The molecule has 21 heavy (non-hydrogen) atoms. The van der Waals surface area contributed by atoms with Crippen LogP contribution in [0.2, 0.25) is 0 Å². The summed E-state index contributed by atoms with van der Waals surface area (Å²) in [4.78, 5) is 11.2. The number of rotatable bonds is 6. The molecule has 1 N–H and O–H groups in total. The lowest BCUT2D eigenvalue weighted by molar-refractivity contribution is 0.0690. The average Bonchev–Trinajstić information content (AvgIpc) is 2.89. The first-order valence-corrected chi connectivity index (χ1v) is 7.04. The van der Waals surface area contributed by atoms with E-state index in [0.29, 0.717) is 5.75 Å². The highest BCUT2D eigenvalue weighted by molar-refractivity contribution is 5.85. The number of aryl methyl sites for hydroxylation is 2. The van der Waals surface area contributed by atoms with E-state index in [1.165, 1.54) is 0 Å². The predicted octanol–water partition coefficient (Wildman–Crippen LogP) is 3.23. The number of carboxylic acids is 1. The monoisotopic (exact) mass is 288 g/mol. The van der Waals surface area contributed by atoms with E-state index >= 15 is 0 Å². The zero-order valence-electron chi connectivity index (χ0n) is 12.6. The number of aromatic nitrogens is 2. The molecule has 0 aliphatic carbocycles. The molecule has 1 heterocycles. The minimum Gasteiger partial charge on any atom is -0.494 e. The Labute approximate surface area is 124 Å². The molecule has 0 saturated heterocycles. The number of carboxylic acid groups (broad SMARTS) is 1. The van der Waals surface area contributed by atoms with Crippen LogP contribution in [-0.4, -0.2) is 28.0 Å². The van der Waals surface area contributed by atoms with Gasteiger partial charge in [-0.1, -0.05) is 19.4 Å². The summed E-state index contributed by atoms with van der Waals surface area (Å²) in [6, 6.07) is 7.42. The number of aromatic carboxylic acids is 1. The third-order valence-corrected chi connectivity index (χ3v) is 3.35. The highest BCUT2D eigenvalue weighted by atomic mass is 16.5. The summed E-state index contributed by atoms with van der Waals surface area (Å²) >= 11 is 0. The second kappa shape index (κ2) is 6.43. The molecule has 0 aliphatic heterocycles. The first-order valence-electron chi connectivity index (χ1n) is 7.04. The minimum absolute atomic E-state index is 0.0599. The third-order valence-electron chi connectivity index (χ3n) is 3.35. The molecule has 0 radical (unpaired) electrons. The van der Waals surface area contributed by atoms with Crippen LogP contribution in [0.15, 0.2) is 24.3 Å². The van der Waals surface area contributed by atoms with Gasteiger partial charge in [0.25, 0.3) is 0 Å². The van der Waals surface area contributed by atoms with E-state index in [2.05, 4.69) is 12.0 Å². The van der Waals surface area contributed by atoms with E-state index < -0.39 is 5.97 Å². The summed E-state index contributed by atoms with van der Waals surface area (Å²) < 4.78 is 7.06. The molecule has 5 nitrogen and oxygen atoms in total. The fraction of sp³-hybridized carbons (Fsp3) is 0.375. The minimum atomic E-state index is -1.02. The van der Waals surface area contributed by atoms with Crippen molar-refractivity contribution in [3.63, 3.8) is 0 Å². The standard InChI is InChI=1S/C16H20N2O3/c1-4-5-6-12-10-13(16(19)20)17-18(12)14-9-11(2)7-8-15(14)21-3/h7-10H,4-6H2,1-3H3,(H,19,20). The fourth-order valence-corrected chi connectivity index (χ4v) is 2.23. The van der Waals surface area contributed by atoms with Crippen molar-refractivity contribution in [1.82, 2.24) is 9.78 Å². The Balaban J connectivity index is 2.55. The van der Waals surface area contributed by atoms with Crippen LogP contribution >= 0.6 is 0 Å². The van der Waals surface area contributed by atoms with Crippen molar-refractivity contribution in [2.75, 3.05) is 7.11 Å². The molecule has 0 unspecified atom stereocenters. The molecule has 0 amide bonds. The predicted molar refractivity (Wildman–Crippen MR) is 80.4 cm³/mol. The van der Waals surface area contributed by atoms with Crippen LogP contribution in [0.5, 0.6) is 5.75 Å². The molecule has 0 aliphatic rings. The van der Waals surface area contributed by atoms with Crippen molar-refractivity contribution in [2.24, 2.45) is 0 Å². The second-order valence-electron chi connectivity index (χ2n) is 5.02. The largest absolute Gasteiger partial charge is 0.494 e. The molecule has 0 saturated carbocycles. The number of unbranched alkanes of at least 4 members (excludes halogenated alkanes) is 1. The first-order chi connectivity index (χ1) is 10.1. The number of hydrogen-bond acceptors (Lipinski definition) is 3. The van der Waals surface area contributed by atoms with Gasteiger partial charge in [-0.2, -0.15) is 5.10 Å². The number of methoxy groups -OCH3 is 1. The van der Waals surface area contributed by atoms with Crippen LogP contribution < -0.4 is 4.74 Å². The SMILES string of the molecule is CCCCc1cc(C(=O)O)nn1-c1cc(C)ccc1OC. The summed E-state index contributed by atoms with van der Waals surface area (Å²) in [5, 5.41) is 13.4. The van der Waals surface area contributed by atoms with Crippen molar-refractivity contribution < 1.29 is 14.6 Å². The number of carbonyl (C=O) groups is 1. The summed E-state index contributed by atoms with van der Waals surface area (Å²) in [6.45, 7) is 4.09. The van der Waals surface area contributed by atoms with Crippen molar-refractivity contribution in [3.8, 4) is 11.4 Å². The van der Waals surface area contributed by atoms with Crippen molar-refractivity contribution in [2.45, 2.75) is 33.1 Å². The molecular formula is C16H20N2O3. The third kappa shape index (κ3) is 3.24. The van der Waals surface area contributed by atoms with E-state index in [-0.39, 0.29) is 5.69 Å². The van der Waals surface area contributed by atoms with E-state index in [0.717, 1.165) is 36.2 Å². The summed E-state index contributed by atoms with van der Waals surface area (Å²) in [6.07, 6.45) is 2.81. The summed E-state index contributed by atoms with van der Waals surface area (Å²) in [5.41, 5.74) is 2.79. The summed E-state index contributed by atoms with van der Waals surface area (Å²) in [7, 11) is 1.60. The molecule has 0 atom stereocenters. The zero-order valence-corrected chi connectivity index (χ0v) is 12.6. The van der Waals surface area contributed by atoms with Crippen LogP contribution in [0.4, 0.5) is 0 Å². The summed E-state index contributed by atoms with van der Waals surface area (Å²) in [5.74, 6) is -0.337. The molecule has 0 bridgehead atoms. The molecule has 2 rings (SSSR count).